The molecule has 332 valence electrons. The number of nitrogen functional groups attached to an aromatic ring is 1. The number of ether oxygens (including phenoxy) is 2. The molecule has 0 fully saturated rings. The molecule has 3 N–H and O–H groups in total. The number of hydrogen-bond donors (Lipinski definition) is 2. The monoisotopic (exact) mass is 896 g/mol. The van der Waals surface area contributed by atoms with Crippen LogP contribution in [-0.2, 0) is 0 Å². The van der Waals surface area contributed by atoms with Gasteiger partial charge in [0.05, 0.1) is 59.9 Å². The largest absolute Gasteiger partial charge is 0.486 e. The first-order valence-corrected chi connectivity index (χ1v) is 21.1. The molecule has 0 radical (unpaired) electrons. The summed E-state index contributed by atoms with van der Waals surface area (Å²) in [6, 6.07) is 26.2. The summed E-state index contributed by atoms with van der Waals surface area (Å²) >= 11 is 5.86. The first-order valence-electron chi connectivity index (χ1n) is 20.7. The van der Waals surface area contributed by atoms with Gasteiger partial charge in [0.15, 0.2) is 23.1 Å². The number of imidazole rings is 2. The van der Waals surface area contributed by atoms with Crippen LogP contribution in [0.3, 0.4) is 0 Å². The first kappa shape index (κ1) is 44.0. The Morgan fingerprint density at radius 3 is 1.66 bits per heavy atom. The number of halogens is 3. The van der Waals surface area contributed by atoms with Gasteiger partial charge < -0.3 is 39.5 Å². The number of likely N-dealkylation sites (N-methyl/N-ethyl adjacent to an activating group) is 2. The van der Waals surface area contributed by atoms with Crippen molar-refractivity contribution in [3.63, 3.8) is 0 Å². The number of nitrogens with one attached hydrogen (secondary N) is 1. The van der Waals surface area contributed by atoms with Gasteiger partial charge in [-0.3, -0.25) is 0 Å². The van der Waals surface area contributed by atoms with Gasteiger partial charge in [-0.05, 0) is 97.9 Å². The van der Waals surface area contributed by atoms with Gasteiger partial charge in [-0.2, -0.15) is 9.97 Å². The Kier molecular flexibility index (Phi) is 12.9. The van der Waals surface area contributed by atoms with E-state index in [1.54, 1.807) is 70.8 Å². The minimum atomic E-state index is -0.370. The summed E-state index contributed by atoms with van der Waals surface area (Å²) in [6.07, 6.45) is 9.97. The third-order valence-corrected chi connectivity index (χ3v) is 11.3. The van der Waals surface area contributed by atoms with Crippen molar-refractivity contribution in [2.75, 3.05) is 48.2 Å². The lowest BCUT2D eigenvalue weighted by Gasteiger charge is -2.35. The predicted octanol–water partition coefficient (Wildman–Crippen LogP) is 9.64. The number of fused-ring (bicyclic) bond motifs is 2. The quantitative estimate of drug-likeness (QED) is 0.121. The van der Waals surface area contributed by atoms with Gasteiger partial charge >= 0.3 is 0 Å². The van der Waals surface area contributed by atoms with E-state index in [9.17, 15) is 8.78 Å². The molecule has 4 aromatic carbocycles. The lowest BCUT2D eigenvalue weighted by atomic mass is 10.00. The van der Waals surface area contributed by atoms with Crippen LogP contribution < -0.4 is 30.3 Å². The summed E-state index contributed by atoms with van der Waals surface area (Å²) in [4.78, 5) is 29.5. The molecule has 2 aliphatic rings. The molecule has 4 aromatic heterocycles. The van der Waals surface area contributed by atoms with Crippen molar-refractivity contribution in [3.8, 4) is 22.9 Å². The Morgan fingerprint density at radius 2 is 1.15 bits per heavy atom. The second-order valence-corrected chi connectivity index (χ2v) is 16.0. The number of nitrogens with two attached hydrogens (primary N) is 1. The number of aromatic nitrogens is 8. The van der Waals surface area contributed by atoms with Crippen molar-refractivity contribution in [1.29, 1.82) is 0 Å². The lowest BCUT2D eigenvalue weighted by Crippen LogP contribution is -2.34. The second-order valence-electron chi connectivity index (χ2n) is 15.6. The zero-order chi connectivity index (χ0) is 45.8. The highest BCUT2D eigenvalue weighted by atomic mass is 35.5. The third-order valence-electron chi connectivity index (χ3n) is 11.1. The minimum Gasteiger partial charge on any atom is -0.486 e. The van der Waals surface area contributed by atoms with Crippen molar-refractivity contribution in [1.82, 2.24) is 39.0 Å². The Balaban J connectivity index is 0.000000147. The summed E-state index contributed by atoms with van der Waals surface area (Å²) in [7, 11) is 4.00. The molecule has 17 heteroatoms. The maximum atomic E-state index is 14.7. The van der Waals surface area contributed by atoms with E-state index in [1.165, 1.54) is 34.4 Å². The van der Waals surface area contributed by atoms with Gasteiger partial charge in [0.25, 0.3) is 0 Å². The number of nitrogens with zero attached hydrogens (tertiary/aromatic N) is 10. The van der Waals surface area contributed by atoms with Crippen molar-refractivity contribution in [2.24, 2.45) is 0 Å². The molecule has 2 aliphatic heterocycles. The van der Waals surface area contributed by atoms with Gasteiger partial charge in [-0.15, -0.1) is 0 Å². The zero-order valence-corrected chi connectivity index (χ0v) is 37.4. The van der Waals surface area contributed by atoms with Gasteiger partial charge in [0.1, 0.15) is 24.8 Å². The van der Waals surface area contributed by atoms with Crippen LogP contribution in [0.2, 0.25) is 5.28 Å². The van der Waals surface area contributed by atoms with E-state index >= 15 is 0 Å². The Labute approximate surface area is 380 Å². The molecule has 6 heterocycles. The van der Waals surface area contributed by atoms with Crippen LogP contribution >= 0.6 is 11.6 Å². The molecule has 65 heavy (non-hydrogen) atoms. The number of anilines is 5. The van der Waals surface area contributed by atoms with Crippen molar-refractivity contribution in [3.05, 3.63) is 173 Å². The summed E-state index contributed by atoms with van der Waals surface area (Å²) in [5.41, 5.74) is 13.9. The van der Waals surface area contributed by atoms with Crippen LogP contribution in [0.15, 0.2) is 122 Å². The smallest absolute Gasteiger partial charge is 0.229 e. The zero-order valence-electron chi connectivity index (χ0n) is 36.6. The second kappa shape index (κ2) is 19.0. The highest BCUT2D eigenvalue weighted by Crippen LogP contribution is 2.39. The van der Waals surface area contributed by atoms with E-state index in [1.807, 2.05) is 52.2 Å². The average molecular weight is 897 g/mol. The fraction of sp³-hybridized carbons (Fsp3) is 0.208. The summed E-state index contributed by atoms with van der Waals surface area (Å²) in [5.74, 6) is 2.38. The molecular formula is C48H47ClF2N12O2. The van der Waals surface area contributed by atoms with Crippen LogP contribution in [0.5, 0.6) is 11.5 Å². The maximum Gasteiger partial charge on any atom is 0.229 e. The van der Waals surface area contributed by atoms with Crippen LogP contribution in [-0.4, -0.2) is 66.3 Å². The standard InChI is InChI=1S/C24H23FN6O.C14H14ClN3O.C10H10FN3/c1-15-6-4-5-7-18(15)21-13-32-22-11-26-24(29-23(22)30(21)3)28-17-8-9-20(19(25)10-17)31-12-16(2)27-14-31;1-9-5-3-4-6-10(9)11-8-19-12-7-16-14(15)17-13(12)18(11)2;1-7-5-14(6-13-7)10-3-2-8(12)4-9(10)11/h4-12,14,21H,13H2,1-3H3,(H,26,28,29);3-7,11H,8H2,1-2H3;2-6H,12H2,1H3. The van der Waals surface area contributed by atoms with E-state index in [0.717, 1.165) is 17.2 Å². The van der Waals surface area contributed by atoms with E-state index in [0.29, 0.717) is 59.2 Å². The molecule has 14 nitrogen and oxygen atoms in total. The van der Waals surface area contributed by atoms with Crippen molar-refractivity contribution >= 4 is 40.6 Å². The number of hydrogen-bond acceptors (Lipinski definition) is 12. The normalized spacial score (nSPS) is 15.0. The van der Waals surface area contributed by atoms with E-state index in [-0.39, 0.29) is 29.0 Å². The van der Waals surface area contributed by atoms with Crippen molar-refractivity contribution in [2.45, 2.75) is 39.8 Å². The average Bonchev–Trinajstić information content (AvgIpc) is 3.93. The van der Waals surface area contributed by atoms with E-state index < -0.39 is 0 Å². The van der Waals surface area contributed by atoms with Crippen LogP contribution in [0.25, 0.3) is 11.4 Å². The number of aryl methyl sites for hydroxylation is 4. The summed E-state index contributed by atoms with van der Waals surface area (Å²) < 4.78 is 43.1. The summed E-state index contributed by atoms with van der Waals surface area (Å²) in [6.45, 7) is 9.01. The van der Waals surface area contributed by atoms with Crippen molar-refractivity contribution < 1.29 is 18.3 Å². The fourth-order valence-electron chi connectivity index (χ4n) is 7.61. The first-order chi connectivity index (χ1) is 31.3. The predicted molar refractivity (Wildman–Crippen MR) is 249 cm³/mol. The third kappa shape index (κ3) is 9.82. The summed E-state index contributed by atoms with van der Waals surface area (Å²) in [5, 5.41) is 3.33. The molecule has 0 amide bonds. The minimum absolute atomic E-state index is 0.0433. The van der Waals surface area contributed by atoms with Gasteiger partial charge in [-0.1, -0.05) is 48.5 Å². The molecule has 0 spiro atoms. The molecule has 10 rings (SSSR count). The molecule has 8 aromatic rings. The topological polar surface area (TPSA) is 150 Å². The molecule has 0 saturated heterocycles. The van der Waals surface area contributed by atoms with E-state index in [2.05, 4.69) is 83.1 Å². The van der Waals surface area contributed by atoms with Crippen LogP contribution in [0, 0.1) is 39.3 Å². The molecule has 0 saturated carbocycles. The molecular weight excluding hydrogens is 850 g/mol. The van der Waals surface area contributed by atoms with Gasteiger partial charge in [-0.25, -0.2) is 28.7 Å². The Morgan fingerprint density at radius 1 is 0.646 bits per heavy atom. The lowest BCUT2D eigenvalue weighted by molar-refractivity contribution is 0.264. The maximum absolute atomic E-state index is 14.7. The molecule has 2 atom stereocenters. The fourth-order valence-corrected chi connectivity index (χ4v) is 7.74. The molecule has 0 aliphatic carbocycles. The Bertz CT molecular complexity index is 2960. The number of rotatable bonds is 6. The number of benzene rings is 4. The van der Waals surface area contributed by atoms with Gasteiger partial charge in [0, 0.05) is 37.9 Å². The van der Waals surface area contributed by atoms with Crippen LogP contribution in [0.1, 0.15) is 45.7 Å². The van der Waals surface area contributed by atoms with Gasteiger partial charge in [0.2, 0.25) is 11.2 Å². The van der Waals surface area contributed by atoms with E-state index in [4.69, 9.17) is 26.8 Å². The molecule has 2 unspecified atom stereocenters. The SMILES string of the molecule is Cc1ccccc1C1COc2cnc(Cl)nc2N1C.Cc1cn(-c2ccc(N)cc2F)cn1.Cc1cn(-c2ccc(Nc3ncc4c(n3)N(C)C(c3ccccc3C)CO4)cc2F)cn1. The highest BCUT2D eigenvalue weighted by molar-refractivity contribution is 6.28. The molecule has 0 bridgehead atoms. The Hall–Kier alpha value is -7.59. The van der Waals surface area contributed by atoms with Crippen LogP contribution in [0.4, 0.5) is 37.7 Å². The highest BCUT2D eigenvalue weighted by Gasteiger charge is 2.30.